The first-order chi connectivity index (χ1) is 14.2. The van der Waals surface area contributed by atoms with E-state index in [1.807, 2.05) is 41.9 Å². The predicted molar refractivity (Wildman–Crippen MR) is 111 cm³/mol. The summed E-state index contributed by atoms with van der Waals surface area (Å²) in [5.74, 6) is -0.0886. The topological polar surface area (TPSA) is 81.9 Å². The second-order valence-electron chi connectivity index (χ2n) is 7.04. The van der Waals surface area contributed by atoms with Gasteiger partial charge in [-0.3, -0.25) is 14.7 Å². The average molecular weight is 404 g/mol. The van der Waals surface area contributed by atoms with Crippen LogP contribution in [0.2, 0.25) is 0 Å². The van der Waals surface area contributed by atoms with E-state index in [9.17, 15) is 4.79 Å². The summed E-state index contributed by atoms with van der Waals surface area (Å²) in [7, 11) is 0. The maximum atomic E-state index is 12.3. The fourth-order valence-electron chi connectivity index (χ4n) is 3.78. The van der Waals surface area contributed by atoms with Gasteiger partial charge in [0.2, 0.25) is 0 Å². The maximum Gasteiger partial charge on any atom is 0.280 e. The van der Waals surface area contributed by atoms with Crippen LogP contribution in [0.1, 0.15) is 45.4 Å². The fraction of sp³-hybridized carbons (Fsp3) is 0.273. The monoisotopic (exact) mass is 403 g/mol. The highest BCUT2D eigenvalue weighted by atomic mass is 32.1. The van der Waals surface area contributed by atoms with Crippen LogP contribution in [0.15, 0.2) is 60.4 Å². The zero-order valence-electron chi connectivity index (χ0n) is 15.9. The van der Waals surface area contributed by atoms with E-state index in [-0.39, 0.29) is 18.0 Å². The minimum atomic E-state index is -0.0886. The molecule has 1 N–H and O–H groups in total. The van der Waals surface area contributed by atoms with Crippen LogP contribution in [0.4, 0.5) is 0 Å². The molecule has 0 bridgehead atoms. The van der Waals surface area contributed by atoms with Gasteiger partial charge in [-0.15, -0.1) is 11.3 Å². The minimum absolute atomic E-state index is 0.0760. The van der Waals surface area contributed by atoms with E-state index in [0.29, 0.717) is 10.6 Å². The lowest BCUT2D eigenvalue weighted by Gasteiger charge is -2.38. The van der Waals surface area contributed by atoms with Gasteiger partial charge in [0.25, 0.3) is 5.91 Å². The number of rotatable bonds is 5. The Morgan fingerprint density at radius 3 is 2.59 bits per heavy atom. The fourth-order valence-corrected chi connectivity index (χ4v) is 4.31. The Labute approximate surface area is 173 Å². The predicted octanol–water partition coefficient (Wildman–Crippen LogP) is 3.39. The molecule has 1 aliphatic rings. The summed E-state index contributed by atoms with van der Waals surface area (Å²) in [6.07, 6.45) is 7.09. The van der Waals surface area contributed by atoms with Crippen LogP contribution in [0.5, 0.6) is 0 Å². The largest absolute Gasteiger partial charge is 0.347 e. The third-order valence-corrected chi connectivity index (χ3v) is 5.98. The van der Waals surface area contributed by atoms with Crippen molar-refractivity contribution in [1.82, 2.24) is 20.2 Å². The van der Waals surface area contributed by atoms with Gasteiger partial charge in [-0.2, -0.15) is 5.26 Å². The van der Waals surface area contributed by atoms with Gasteiger partial charge in [-0.25, -0.2) is 4.98 Å². The molecule has 2 aromatic heterocycles. The van der Waals surface area contributed by atoms with E-state index >= 15 is 0 Å². The molecule has 1 unspecified atom stereocenters. The van der Waals surface area contributed by atoms with Gasteiger partial charge in [0.05, 0.1) is 17.7 Å². The highest BCUT2D eigenvalue weighted by Crippen LogP contribution is 2.31. The van der Waals surface area contributed by atoms with Crippen molar-refractivity contribution in [2.45, 2.75) is 24.9 Å². The second-order valence-corrected chi connectivity index (χ2v) is 7.94. The molecule has 1 aromatic carbocycles. The molecule has 1 atom stereocenters. The zero-order chi connectivity index (χ0) is 20.1. The van der Waals surface area contributed by atoms with Crippen molar-refractivity contribution >= 4 is 17.2 Å². The number of thiazole rings is 1. The number of hydrogen-bond donors (Lipinski definition) is 1. The minimum Gasteiger partial charge on any atom is -0.347 e. The molecule has 4 rings (SSSR count). The summed E-state index contributed by atoms with van der Waals surface area (Å²) in [6.45, 7) is 1.73. The van der Waals surface area contributed by atoms with Crippen molar-refractivity contribution in [3.63, 3.8) is 0 Å². The maximum absolute atomic E-state index is 12.3. The first kappa shape index (κ1) is 19.2. The smallest absolute Gasteiger partial charge is 0.280 e. The molecule has 6 nitrogen and oxygen atoms in total. The second kappa shape index (κ2) is 8.95. The van der Waals surface area contributed by atoms with Crippen LogP contribution < -0.4 is 5.32 Å². The summed E-state index contributed by atoms with van der Waals surface area (Å²) in [5.41, 5.74) is 2.92. The third kappa shape index (κ3) is 4.50. The number of carbonyl (C=O) groups is 1. The normalized spacial score (nSPS) is 16.1. The Morgan fingerprint density at radius 2 is 1.97 bits per heavy atom. The van der Waals surface area contributed by atoms with Gasteiger partial charge < -0.3 is 5.32 Å². The number of hydrogen-bond acceptors (Lipinski definition) is 6. The van der Waals surface area contributed by atoms with Crippen molar-refractivity contribution in [2.24, 2.45) is 0 Å². The number of piperidine rings is 1. The standard InChI is InChI=1S/C22H21N5OS/c23-14-16-3-5-17(6-4-16)20(18-2-1-9-24-15-18)27-11-7-19(8-12-27)26-21(28)22-25-10-13-29-22/h1-6,9-10,13,15,19-20H,7-8,11-12H2,(H,26,28). The molecule has 0 saturated carbocycles. The highest BCUT2D eigenvalue weighted by molar-refractivity contribution is 7.11. The Balaban J connectivity index is 1.48. The number of pyridine rings is 1. The van der Waals surface area contributed by atoms with E-state index in [0.717, 1.165) is 37.1 Å². The third-order valence-electron chi connectivity index (χ3n) is 5.21. The molecule has 7 heteroatoms. The Morgan fingerprint density at radius 1 is 1.17 bits per heavy atom. The average Bonchev–Trinajstić information content (AvgIpc) is 3.32. The Kier molecular flexibility index (Phi) is 5.94. The number of nitrogens with zero attached hydrogens (tertiary/aromatic N) is 4. The molecule has 0 spiro atoms. The first-order valence-electron chi connectivity index (χ1n) is 9.59. The van der Waals surface area contributed by atoms with Gasteiger partial charge in [0, 0.05) is 43.1 Å². The van der Waals surface area contributed by atoms with Crippen LogP contribution in [0.3, 0.4) is 0 Å². The lowest BCUT2D eigenvalue weighted by Crippen LogP contribution is -2.45. The molecule has 3 aromatic rings. The number of aromatic nitrogens is 2. The summed E-state index contributed by atoms with van der Waals surface area (Å²) >= 11 is 1.36. The summed E-state index contributed by atoms with van der Waals surface area (Å²) in [6, 6.07) is 14.2. The van der Waals surface area contributed by atoms with Gasteiger partial charge in [0.1, 0.15) is 0 Å². The number of benzene rings is 1. The van der Waals surface area contributed by atoms with Crippen LogP contribution in [0.25, 0.3) is 0 Å². The van der Waals surface area contributed by atoms with Crippen LogP contribution in [0, 0.1) is 11.3 Å². The Hall–Kier alpha value is -3.08. The van der Waals surface area contributed by atoms with Gasteiger partial charge >= 0.3 is 0 Å². The summed E-state index contributed by atoms with van der Waals surface area (Å²) in [5, 5.41) is 14.5. The van der Waals surface area contributed by atoms with Crippen LogP contribution in [-0.2, 0) is 0 Å². The molecule has 3 heterocycles. The van der Waals surface area contributed by atoms with Gasteiger partial charge in [-0.1, -0.05) is 18.2 Å². The molecule has 1 amide bonds. The number of carbonyl (C=O) groups excluding carboxylic acids is 1. The van der Waals surface area contributed by atoms with E-state index in [1.165, 1.54) is 11.3 Å². The van der Waals surface area contributed by atoms with Crippen LogP contribution in [-0.4, -0.2) is 39.9 Å². The SMILES string of the molecule is N#Cc1ccc(C(c2cccnc2)N2CCC(NC(=O)c3nccs3)CC2)cc1. The van der Waals surface area contributed by atoms with E-state index in [2.05, 4.69) is 32.3 Å². The van der Waals surface area contributed by atoms with Crippen LogP contribution >= 0.6 is 11.3 Å². The lowest BCUT2D eigenvalue weighted by molar-refractivity contribution is 0.0900. The lowest BCUT2D eigenvalue weighted by atomic mass is 9.94. The number of nitrogens with one attached hydrogen (secondary N) is 1. The Bertz CT molecular complexity index is 974. The van der Waals surface area contributed by atoms with Crippen molar-refractivity contribution in [3.05, 3.63) is 82.1 Å². The van der Waals surface area contributed by atoms with Crippen molar-refractivity contribution in [3.8, 4) is 6.07 Å². The molecule has 29 heavy (non-hydrogen) atoms. The molecular formula is C22H21N5OS. The molecule has 0 aliphatic carbocycles. The van der Waals surface area contributed by atoms with Gasteiger partial charge in [0.15, 0.2) is 5.01 Å². The van der Waals surface area contributed by atoms with Crippen molar-refractivity contribution in [2.75, 3.05) is 13.1 Å². The number of amides is 1. The summed E-state index contributed by atoms with van der Waals surface area (Å²) in [4.78, 5) is 23.1. The number of nitriles is 1. The quantitative estimate of drug-likeness (QED) is 0.706. The molecule has 0 radical (unpaired) electrons. The molecule has 1 aliphatic heterocycles. The van der Waals surface area contributed by atoms with Gasteiger partial charge in [-0.05, 0) is 42.2 Å². The van der Waals surface area contributed by atoms with E-state index in [4.69, 9.17) is 5.26 Å². The molecular weight excluding hydrogens is 382 g/mol. The van der Waals surface area contributed by atoms with Crippen molar-refractivity contribution < 1.29 is 4.79 Å². The highest BCUT2D eigenvalue weighted by Gasteiger charge is 2.28. The zero-order valence-corrected chi connectivity index (χ0v) is 16.7. The molecule has 1 fully saturated rings. The molecule has 1 saturated heterocycles. The van der Waals surface area contributed by atoms with E-state index < -0.39 is 0 Å². The number of likely N-dealkylation sites (tertiary alicyclic amines) is 1. The van der Waals surface area contributed by atoms with Crippen molar-refractivity contribution in [1.29, 1.82) is 5.26 Å². The van der Waals surface area contributed by atoms with E-state index in [1.54, 1.807) is 12.4 Å². The first-order valence-corrected chi connectivity index (χ1v) is 10.5. The summed E-state index contributed by atoms with van der Waals surface area (Å²) < 4.78 is 0. The molecule has 146 valence electrons.